The molecule has 0 saturated heterocycles. The van der Waals surface area contributed by atoms with Crippen LogP contribution in [0.4, 0.5) is 5.69 Å². The first-order chi connectivity index (χ1) is 8.63. The predicted molar refractivity (Wildman–Crippen MR) is 75.5 cm³/mol. The molecule has 2 N–H and O–H groups in total. The van der Waals surface area contributed by atoms with Gasteiger partial charge in [0.2, 0.25) is 0 Å². The second-order valence-corrected chi connectivity index (χ2v) is 4.74. The van der Waals surface area contributed by atoms with Crippen molar-refractivity contribution in [2.24, 2.45) is 0 Å². The van der Waals surface area contributed by atoms with Crippen LogP contribution in [0.3, 0.4) is 0 Å². The third-order valence-electron chi connectivity index (χ3n) is 3.15. The van der Waals surface area contributed by atoms with Gasteiger partial charge in [-0.2, -0.15) is 0 Å². The molecule has 0 bridgehead atoms. The minimum atomic E-state index is 0.747. The zero-order valence-corrected chi connectivity index (χ0v) is 10.5. The number of furan rings is 1. The van der Waals surface area contributed by atoms with Crippen LogP contribution in [0.5, 0.6) is 0 Å². The fraction of sp³-hybridized carbons (Fsp3) is 0.125. The zero-order valence-electron chi connectivity index (χ0n) is 10.5. The van der Waals surface area contributed by atoms with Crippen molar-refractivity contribution in [1.82, 2.24) is 0 Å². The molecule has 0 radical (unpaired) electrons. The lowest BCUT2D eigenvalue weighted by Gasteiger charge is -2.03. The van der Waals surface area contributed by atoms with Gasteiger partial charge in [-0.15, -0.1) is 0 Å². The Morgan fingerprint density at radius 2 is 1.61 bits per heavy atom. The summed E-state index contributed by atoms with van der Waals surface area (Å²) in [4.78, 5) is 0. The molecule has 90 valence electrons. The maximum Gasteiger partial charge on any atom is 0.137 e. The summed E-state index contributed by atoms with van der Waals surface area (Å²) in [5, 5.41) is 1.12. The number of hydrogen-bond acceptors (Lipinski definition) is 2. The second-order valence-electron chi connectivity index (χ2n) is 4.74. The van der Waals surface area contributed by atoms with E-state index in [9.17, 15) is 0 Å². The molecule has 0 aliphatic carbocycles. The molecule has 1 aromatic heterocycles. The summed E-state index contributed by atoms with van der Waals surface area (Å²) in [6.07, 6.45) is 0. The minimum absolute atomic E-state index is 0.747. The van der Waals surface area contributed by atoms with Crippen molar-refractivity contribution < 1.29 is 4.42 Å². The van der Waals surface area contributed by atoms with Crippen molar-refractivity contribution in [3.63, 3.8) is 0 Å². The average Bonchev–Trinajstić information content (AvgIpc) is 2.74. The standard InChI is InChI=1S/C16H15NO/c1-10-4-6-15-12(7-10)9-16(18-15)13-8-11(2)3-5-14(13)17/h3-9H,17H2,1-2H3. The van der Waals surface area contributed by atoms with Crippen LogP contribution in [0, 0.1) is 13.8 Å². The summed E-state index contributed by atoms with van der Waals surface area (Å²) < 4.78 is 5.86. The van der Waals surface area contributed by atoms with Crippen molar-refractivity contribution in [1.29, 1.82) is 0 Å². The van der Waals surface area contributed by atoms with Crippen molar-refractivity contribution in [2.45, 2.75) is 13.8 Å². The summed E-state index contributed by atoms with van der Waals surface area (Å²) in [7, 11) is 0. The van der Waals surface area contributed by atoms with Gasteiger partial charge in [0.25, 0.3) is 0 Å². The molecule has 3 rings (SSSR count). The lowest BCUT2D eigenvalue weighted by Crippen LogP contribution is -1.89. The van der Waals surface area contributed by atoms with Crippen LogP contribution in [0.1, 0.15) is 11.1 Å². The van der Waals surface area contributed by atoms with E-state index in [0.717, 1.165) is 28.0 Å². The largest absolute Gasteiger partial charge is 0.456 e. The maximum atomic E-state index is 6.01. The number of fused-ring (bicyclic) bond motifs is 1. The normalized spacial score (nSPS) is 11.0. The Balaban J connectivity index is 2.22. The quantitative estimate of drug-likeness (QED) is 0.641. The Bertz CT molecular complexity index is 725. The van der Waals surface area contributed by atoms with Crippen molar-refractivity contribution in [3.05, 3.63) is 53.6 Å². The van der Waals surface area contributed by atoms with Gasteiger partial charge in [-0.1, -0.05) is 23.3 Å². The lowest BCUT2D eigenvalue weighted by atomic mass is 10.1. The predicted octanol–water partition coefficient (Wildman–Crippen LogP) is 4.30. The van der Waals surface area contributed by atoms with E-state index in [1.54, 1.807) is 0 Å². The van der Waals surface area contributed by atoms with Crippen LogP contribution in [0.2, 0.25) is 0 Å². The molecule has 2 aromatic carbocycles. The first-order valence-corrected chi connectivity index (χ1v) is 6.00. The third kappa shape index (κ3) is 1.76. The van der Waals surface area contributed by atoms with Crippen molar-refractivity contribution in [3.8, 4) is 11.3 Å². The molecular weight excluding hydrogens is 222 g/mol. The molecule has 0 amide bonds. The molecule has 0 aliphatic rings. The molecular formula is C16H15NO. The number of rotatable bonds is 1. The summed E-state index contributed by atoms with van der Waals surface area (Å²) in [5.41, 5.74) is 11.0. The number of aryl methyl sites for hydroxylation is 2. The Morgan fingerprint density at radius 1 is 0.889 bits per heavy atom. The van der Waals surface area contributed by atoms with E-state index in [4.69, 9.17) is 10.2 Å². The number of hydrogen-bond donors (Lipinski definition) is 1. The van der Waals surface area contributed by atoms with Gasteiger partial charge in [0.05, 0.1) is 0 Å². The molecule has 0 saturated carbocycles. The molecule has 0 aliphatic heterocycles. The highest BCUT2D eigenvalue weighted by molar-refractivity contribution is 5.86. The molecule has 0 unspecified atom stereocenters. The SMILES string of the molecule is Cc1ccc(N)c(-c2cc3cc(C)ccc3o2)c1. The number of nitrogens with two attached hydrogens (primary N) is 1. The van der Waals surface area contributed by atoms with Gasteiger partial charge in [0.1, 0.15) is 11.3 Å². The van der Waals surface area contributed by atoms with Crippen LogP contribution >= 0.6 is 0 Å². The van der Waals surface area contributed by atoms with E-state index in [1.165, 1.54) is 11.1 Å². The number of benzene rings is 2. The van der Waals surface area contributed by atoms with Gasteiger partial charge in [-0.3, -0.25) is 0 Å². The van der Waals surface area contributed by atoms with Crippen LogP contribution in [-0.2, 0) is 0 Å². The second kappa shape index (κ2) is 3.91. The Labute approximate surface area is 106 Å². The summed E-state index contributed by atoms with van der Waals surface area (Å²) in [6, 6.07) is 14.2. The minimum Gasteiger partial charge on any atom is -0.456 e. The highest BCUT2D eigenvalue weighted by atomic mass is 16.3. The first-order valence-electron chi connectivity index (χ1n) is 6.00. The number of anilines is 1. The van der Waals surface area contributed by atoms with E-state index in [1.807, 2.05) is 24.3 Å². The lowest BCUT2D eigenvalue weighted by molar-refractivity contribution is 0.632. The average molecular weight is 237 g/mol. The fourth-order valence-corrected chi connectivity index (χ4v) is 2.18. The van der Waals surface area contributed by atoms with E-state index >= 15 is 0 Å². The van der Waals surface area contributed by atoms with Crippen molar-refractivity contribution in [2.75, 3.05) is 5.73 Å². The van der Waals surface area contributed by atoms with Crippen LogP contribution in [0.15, 0.2) is 46.9 Å². The van der Waals surface area contributed by atoms with E-state index in [2.05, 4.69) is 32.0 Å². The fourth-order valence-electron chi connectivity index (χ4n) is 2.18. The maximum absolute atomic E-state index is 6.01. The van der Waals surface area contributed by atoms with Crippen LogP contribution < -0.4 is 5.73 Å². The molecule has 2 heteroatoms. The topological polar surface area (TPSA) is 39.2 Å². The molecule has 0 spiro atoms. The zero-order chi connectivity index (χ0) is 12.7. The van der Waals surface area contributed by atoms with Gasteiger partial charge in [-0.05, 0) is 44.2 Å². The summed E-state index contributed by atoms with van der Waals surface area (Å²) in [5.74, 6) is 0.830. The molecule has 2 nitrogen and oxygen atoms in total. The first kappa shape index (κ1) is 10.9. The smallest absolute Gasteiger partial charge is 0.137 e. The van der Waals surface area contributed by atoms with Crippen molar-refractivity contribution >= 4 is 16.7 Å². The third-order valence-corrected chi connectivity index (χ3v) is 3.15. The van der Waals surface area contributed by atoms with Gasteiger partial charge >= 0.3 is 0 Å². The summed E-state index contributed by atoms with van der Waals surface area (Å²) >= 11 is 0. The van der Waals surface area contributed by atoms with Gasteiger partial charge in [-0.25, -0.2) is 0 Å². The van der Waals surface area contributed by atoms with E-state index < -0.39 is 0 Å². The molecule has 18 heavy (non-hydrogen) atoms. The monoisotopic (exact) mass is 237 g/mol. The Hall–Kier alpha value is -2.22. The van der Waals surface area contributed by atoms with Crippen LogP contribution in [0.25, 0.3) is 22.3 Å². The molecule has 0 fully saturated rings. The highest BCUT2D eigenvalue weighted by Crippen LogP contribution is 2.32. The van der Waals surface area contributed by atoms with Gasteiger partial charge < -0.3 is 10.2 Å². The van der Waals surface area contributed by atoms with Gasteiger partial charge in [0, 0.05) is 16.6 Å². The van der Waals surface area contributed by atoms with E-state index in [-0.39, 0.29) is 0 Å². The molecule has 3 aromatic rings. The summed E-state index contributed by atoms with van der Waals surface area (Å²) in [6.45, 7) is 4.13. The molecule has 1 heterocycles. The van der Waals surface area contributed by atoms with Gasteiger partial charge in [0.15, 0.2) is 0 Å². The van der Waals surface area contributed by atoms with E-state index in [0.29, 0.717) is 0 Å². The Kier molecular flexibility index (Phi) is 2.37. The number of nitrogen functional groups attached to an aromatic ring is 1. The molecule has 0 atom stereocenters. The van der Waals surface area contributed by atoms with Crippen LogP contribution in [-0.4, -0.2) is 0 Å². The Morgan fingerprint density at radius 3 is 2.44 bits per heavy atom. The highest BCUT2D eigenvalue weighted by Gasteiger charge is 2.09.